The van der Waals surface area contributed by atoms with Gasteiger partial charge in [0, 0.05) is 6.04 Å². The van der Waals surface area contributed by atoms with Gasteiger partial charge >= 0.3 is 0 Å². The van der Waals surface area contributed by atoms with Gasteiger partial charge in [-0.05, 0) is 30.4 Å². The van der Waals surface area contributed by atoms with Crippen molar-refractivity contribution >= 4 is 0 Å². The van der Waals surface area contributed by atoms with E-state index >= 15 is 0 Å². The van der Waals surface area contributed by atoms with Crippen molar-refractivity contribution in [3.63, 3.8) is 0 Å². The third kappa shape index (κ3) is 3.52. The summed E-state index contributed by atoms with van der Waals surface area (Å²) < 4.78 is 0. The molecule has 15 heavy (non-hydrogen) atoms. The second-order valence-corrected chi connectivity index (χ2v) is 4.59. The maximum absolute atomic E-state index is 6.10. The van der Waals surface area contributed by atoms with Crippen molar-refractivity contribution in [2.45, 2.75) is 39.2 Å². The summed E-state index contributed by atoms with van der Waals surface area (Å²) in [6.07, 6.45) is 0.863. The van der Waals surface area contributed by atoms with Crippen molar-refractivity contribution in [3.8, 4) is 0 Å². The van der Waals surface area contributed by atoms with Crippen LogP contribution >= 0.6 is 0 Å². The highest BCUT2D eigenvalue weighted by Crippen LogP contribution is 2.22. The zero-order valence-electron chi connectivity index (χ0n) is 9.96. The summed E-state index contributed by atoms with van der Waals surface area (Å²) in [5.41, 5.74) is 9.80. The SMILES string of the molecule is C=C(C)C[C@H](N)c1cccc(C(C)C)c1. The lowest BCUT2D eigenvalue weighted by Crippen LogP contribution is -2.10. The zero-order chi connectivity index (χ0) is 11.4. The number of rotatable bonds is 4. The van der Waals surface area contributed by atoms with Crippen LogP contribution in [0.5, 0.6) is 0 Å². The van der Waals surface area contributed by atoms with Gasteiger partial charge in [0.05, 0.1) is 0 Å². The number of hydrogen-bond donors (Lipinski definition) is 1. The molecule has 1 nitrogen and oxygen atoms in total. The first-order valence-corrected chi connectivity index (χ1v) is 5.50. The molecule has 0 radical (unpaired) electrons. The Morgan fingerprint density at radius 3 is 2.47 bits per heavy atom. The Bertz CT molecular complexity index is 339. The lowest BCUT2D eigenvalue weighted by atomic mass is 9.95. The Morgan fingerprint density at radius 1 is 1.33 bits per heavy atom. The Morgan fingerprint density at radius 2 is 1.93 bits per heavy atom. The zero-order valence-corrected chi connectivity index (χ0v) is 9.96. The summed E-state index contributed by atoms with van der Waals surface area (Å²) in [7, 11) is 0. The van der Waals surface area contributed by atoms with E-state index in [4.69, 9.17) is 5.73 Å². The topological polar surface area (TPSA) is 26.0 Å². The predicted molar refractivity (Wildman–Crippen MR) is 66.9 cm³/mol. The minimum atomic E-state index is 0.0844. The number of nitrogens with two attached hydrogens (primary N) is 1. The van der Waals surface area contributed by atoms with Crippen LogP contribution in [-0.2, 0) is 0 Å². The number of benzene rings is 1. The second kappa shape index (κ2) is 5.13. The molecule has 1 aromatic rings. The maximum atomic E-state index is 6.10. The summed E-state index contributed by atoms with van der Waals surface area (Å²) in [5.74, 6) is 0.557. The van der Waals surface area contributed by atoms with Crippen LogP contribution in [-0.4, -0.2) is 0 Å². The van der Waals surface area contributed by atoms with Gasteiger partial charge in [-0.1, -0.05) is 43.7 Å². The summed E-state index contributed by atoms with van der Waals surface area (Å²) in [6, 6.07) is 8.63. The first-order valence-electron chi connectivity index (χ1n) is 5.50. The molecule has 2 N–H and O–H groups in total. The monoisotopic (exact) mass is 203 g/mol. The van der Waals surface area contributed by atoms with Gasteiger partial charge in [-0.3, -0.25) is 0 Å². The van der Waals surface area contributed by atoms with E-state index in [1.54, 1.807) is 0 Å². The molecule has 82 valence electrons. The Balaban J connectivity index is 2.85. The number of hydrogen-bond acceptors (Lipinski definition) is 1. The molecule has 0 unspecified atom stereocenters. The van der Waals surface area contributed by atoms with Crippen molar-refractivity contribution in [2.75, 3.05) is 0 Å². The minimum absolute atomic E-state index is 0.0844. The molecular formula is C14H21N. The molecule has 0 aliphatic rings. The molecule has 0 aliphatic heterocycles. The molecule has 0 heterocycles. The molecule has 1 rings (SSSR count). The highest BCUT2D eigenvalue weighted by atomic mass is 14.6. The van der Waals surface area contributed by atoms with E-state index in [0.29, 0.717) is 5.92 Å². The van der Waals surface area contributed by atoms with Gasteiger partial charge in [0.2, 0.25) is 0 Å². The Hall–Kier alpha value is -1.08. The van der Waals surface area contributed by atoms with Crippen molar-refractivity contribution in [1.82, 2.24) is 0 Å². The highest BCUT2D eigenvalue weighted by molar-refractivity contribution is 5.28. The molecule has 0 aliphatic carbocycles. The van der Waals surface area contributed by atoms with E-state index in [1.807, 2.05) is 6.92 Å². The van der Waals surface area contributed by atoms with E-state index in [2.05, 4.69) is 44.7 Å². The molecule has 0 bridgehead atoms. The van der Waals surface area contributed by atoms with Gasteiger partial charge in [0.15, 0.2) is 0 Å². The molecule has 1 atom stereocenters. The normalized spacial score (nSPS) is 12.9. The van der Waals surface area contributed by atoms with Crippen LogP contribution in [0.4, 0.5) is 0 Å². The van der Waals surface area contributed by atoms with Crippen LogP contribution < -0.4 is 5.73 Å². The van der Waals surface area contributed by atoms with E-state index < -0.39 is 0 Å². The standard InChI is InChI=1S/C14H21N/c1-10(2)8-14(15)13-7-5-6-12(9-13)11(3)4/h5-7,9,11,14H,1,8,15H2,2-4H3/t14-/m0/s1. The summed E-state index contributed by atoms with van der Waals surface area (Å²) in [6.45, 7) is 10.3. The van der Waals surface area contributed by atoms with Crippen LogP contribution in [0.1, 0.15) is 50.3 Å². The molecule has 0 fully saturated rings. The van der Waals surface area contributed by atoms with Crippen molar-refractivity contribution in [2.24, 2.45) is 5.73 Å². The van der Waals surface area contributed by atoms with Crippen LogP contribution in [0.15, 0.2) is 36.4 Å². The minimum Gasteiger partial charge on any atom is -0.324 e. The fourth-order valence-corrected chi connectivity index (χ4v) is 1.64. The summed E-state index contributed by atoms with van der Waals surface area (Å²) in [4.78, 5) is 0. The van der Waals surface area contributed by atoms with Gasteiger partial charge < -0.3 is 5.73 Å². The Labute approximate surface area is 93.0 Å². The van der Waals surface area contributed by atoms with Crippen molar-refractivity contribution < 1.29 is 0 Å². The van der Waals surface area contributed by atoms with Gasteiger partial charge in [-0.2, -0.15) is 0 Å². The third-order valence-electron chi connectivity index (χ3n) is 2.57. The second-order valence-electron chi connectivity index (χ2n) is 4.59. The van der Waals surface area contributed by atoms with Crippen LogP contribution in [0.3, 0.4) is 0 Å². The molecule has 0 saturated heterocycles. The average molecular weight is 203 g/mol. The first-order chi connectivity index (χ1) is 7.00. The van der Waals surface area contributed by atoms with E-state index in [-0.39, 0.29) is 6.04 Å². The average Bonchev–Trinajstić information content (AvgIpc) is 2.17. The fraction of sp³-hybridized carbons (Fsp3) is 0.429. The maximum Gasteiger partial charge on any atom is 0.0332 e. The van der Waals surface area contributed by atoms with Crippen molar-refractivity contribution in [3.05, 3.63) is 47.5 Å². The Kier molecular flexibility index (Phi) is 4.10. The van der Waals surface area contributed by atoms with Gasteiger partial charge in [-0.25, -0.2) is 0 Å². The van der Waals surface area contributed by atoms with Gasteiger partial charge in [-0.15, -0.1) is 6.58 Å². The predicted octanol–water partition coefficient (Wildman–Crippen LogP) is 3.78. The molecule has 0 aromatic heterocycles. The lowest BCUT2D eigenvalue weighted by molar-refractivity contribution is 0.713. The van der Waals surface area contributed by atoms with E-state index in [0.717, 1.165) is 12.0 Å². The molecule has 1 aromatic carbocycles. The summed E-state index contributed by atoms with van der Waals surface area (Å²) >= 11 is 0. The first kappa shape index (κ1) is 12.0. The largest absolute Gasteiger partial charge is 0.324 e. The fourth-order valence-electron chi connectivity index (χ4n) is 1.64. The smallest absolute Gasteiger partial charge is 0.0332 e. The van der Waals surface area contributed by atoms with Crippen molar-refractivity contribution in [1.29, 1.82) is 0 Å². The van der Waals surface area contributed by atoms with Gasteiger partial charge in [0.25, 0.3) is 0 Å². The van der Waals surface area contributed by atoms with E-state index in [1.165, 1.54) is 11.1 Å². The van der Waals surface area contributed by atoms with Crippen LogP contribution in [0.2, 0.25) is 0 Å². The molecule has 1 heteroatoms. The third-order valence-corrected chi connectivity index (χ3v) is 2.57. The summed E-state index contributed by atoms with van der Waals surface area (Å²) in [5, 5.41) is 0. The quantitative estimate of drug-likeness (QED) is 0.740. The van der Waals surface area contributed by atoms with E-state index in [9.17, 15) is 0 Å². The molecule has 0 amide bonds. The lowest BCUT2D eigenvalue weighted by Gasteiger charge is -2.14. The molecule has 0 saturated carbocycles. The molecule has 0 spiro atoms. The van der Waals surface area contributed by atoms with Gasteiger partial charge in [0.1, 0.15) is 0 Å². The van der Waals surface area contributed by atoms with Crippen LogP contribution in [0.25, 0.3) is 0 Å². The molecular weight excluding hydrogens is 182 g/mol. The highest BCUT2D eigenvalue weighted by Gasteiger charge is 2.07. The van der Waals surface area contributed by atoms with Crippen LogP contribution in [0, 0.1) is 0 Å².